The molecule has 3 nitrogen and oxygen atoms in total. The third kappa shape index (κ3) is 2.68. The monoisotopic (exact) mass is 289 g/mol. The van der Waals surface area contributed by atoms with Crippen LogP contribution in [0.2, 0.25) is 5.02 Å². The van der Waals surface area contributed by atoms with E-state index in [-0.39, 0.29) is 0 Å². The molecule has 20 heavy (non-hydrogen) atoms. The smallest absolute Gasteiger partial charge is 0.161 e. The van der Waals surface area contributed by atoms with Gasteiger partial charge >= 0.3 is 0 Å². The zero-order valence-electron chi connectivity index (χ0n) is 11.3. The first-order valence-electron chi connectivity index (χ1n) is 6.65. The zero-order valence-corrected chi connectivity index (χ0v) is 12.1. The fraction of sp³-hybridized carbons (Fsp3) is 0.250. The van der Waals surface area contributed by atoms with Crippen LogP contribution < -0.4 is 14.4 Å². The summed E-state index contributed by atoms with van der Waals surface area (Å²) in [5.41, 5.74) is 2.24. The third-order valence-electron chi connectivity index (χ3n) is 3.27. The molecule has 104 valence electrons. The van der Waals surface area contributed by atoms with Crippen molar-refractivity contribution in [3.63, 3.8) is 0 Å². The highest BCUT2D eigenvalue weighted by Crippen LogP contribution is 2.31. The molecule has 1 aliphatic rings. The van der Waals surface area contributed by atoms with Gasteiger partial charge in [0, 0.05) is 22.8 Å². The first-order valence-corrected chi connectivity index (χ1v) is 7.03. The van der Waals surface area contributed by atoms with Gasteiger partial charge in [-0.1, -0.05) is 11.6 Å². The highest BCUT2D eigenvalue weighted by Gasteiger charge is 2.18. The van der Waals surface area contributed by atoms with E-state index in [4.69, 9.17) is 21.1 Å². The van der Waals surface area contributed by atoms with E-state index in [9.17, 15) is 0 Å². The molecule has 0 radical (unpaired) electrons. The summed E-state index contributed by atoms with van der Waals surface area (Å²) in [5.74, 6) is 1.81. The maximum Gasteiger partial charge on any atom is 0.161 e. The maximum atomic E-state index is 5.92. The molecule has 0 saturated carbocycles. The molecule has 3 rings (SSSR count). The average molecular weight is 290 g/mol. The Kier molecular flexibility index (Phi) is 3.70. The summed E-state index contributed by atoms with van der Waals surface area (Å²) in [7, 11) is 0. The minimum absolute atomic E-state index is 0.544. The van der Waals surface area contributed by atoms with E-state index in [0.717, 1.165) is 34.3 Å². The van der Waals surface area contributed by atoms with Crippen molar-refractivity contribution in [2.24, 2.45) is 0 Å². The Morgan fingerprint density at radius 1 is 1.20 bits per heavy atom. The third-order valence-corrected chi connectivity index (χ3v) is 3.52. The number of ether oxygens (including phenoxy) is 2. The topological polar surface area (TPSA) is 21.7 Å². The fourth-order valence-corrected chi connectivity index (χ4v) is 2.42. The molecule has 4 heteroatoms. The molecule has 0 fully saturated rings. The van der Waals surface area contributed by atoms with Gasteiger partial charge in [-0.25, -0.2) is 0 Å². The van der Waals surface area contributed by atoms with Crippen molar-refractivity contribution in [3.8, 4) is 11.5 Å². The van der Waals surface area contributed by atoms with E-state index in [2.05, 4.69) is 4.90 Å². The number of fused-ring (bicyclic) bond motifs is 1. The lowest BCUT2D eigenvalue weighted by Gasteiger charge is -2.31. The van der Waals surface area contributed by atoms with Gasteiger partial charge in [0.1, 0.15) is 11.5 Å². The van der Waals surface area contributed by atoms with Gasteiger partial charge in [-0.2, -0.15) is 0 Å². The molecule has 1 aliphatic heterocycles. The van der Waals surface area contributed by atoms with Crippen LogP contribution in [0.4, 0.5) is 5.69 Å². The normalized spacial score (nSPS) is 13.6. The van der Waals surface area contributed by atoms with Crippen LogP contribution >= 0.6 is 11.6 Å². The Bertz CT molecular complexity index is 598. The lowest BCUT2D eigenvalue weighted by Crippen LogP contribution is -2.31. The van der Waals surface area contributed by atoms with Crippen LogP contribution in [0.25, 0.3) is 0 Å². The number of anilines is 1. The van der Waals surface area contributed by atoms with E-state index < -0.39 is 0 Å². The van der Waals surface area contributed by atoms with Crippen LogP contribution in [0.3, 0.4) is 0 Å². The van der Waals surface area contributed by atoms with Gasteiger partial charge in [0.2, 0.25) is 0 Å². The van der Waals surface area contributed by atoms with Crippen LogP contribution in [0.15, 0.2) is 42.5 Å². The van der Waals surface area contributed by atoms with Crippen LogP contribution in [-0.4, -0.2) is 13.3 Å². The predicted octanol–water partition coefficient (Wildman–Crippen LogP) is 4.10. The second-order valence-corrected chi connectivity index (χ2v) is 5.09. The standard InChI is InChI=1S/C16H16ClNO2/c1-2-19-15-7-8-16-12(9-15)10-18(11-20-16)14-5-3-13(17)4-6-14/h3-9H,2,10-11H2,1H3. The van der Waals surface area contributed by atoms with Crippen LogP contribution in [0.1, 0.15) is 12.5 Å². The van der Waals surface area contributed by atoms with Gasteiger partial charge in [0.05, 0.1) is 6.61 Å². The average Bonchev–Trinajstić information content (AvgIpc) is 2.48. The number of halogens is 1. The minimum Gasteiger partial charge on any atom is -0.494 e. The van der Waals surface area contributed by atoms with Gasteiger partial charge in [-0.3, -0.25) is 0 Å². The van der Waals surface area contributed by atoms with Crippen LogP contribution in [-0.2, 0) is 6.54 Å². The fourth-order valence-electron chi connectivity index (χ4n) is 2.29. The lowest BCUT2D eigenvalue weighted by atomic mass is 10.1. The summed E-state index contributed by atoms with van der Waals surface area (Å²) >= 11 is 5.92. The van der Waals surface area contributed by atoms with Gasteiger partial charge < -0.3 is 14.4 Å². The summed E-state index contributed by atoms with van der Waals surface area (Å²) in [6.07, 6.45) is 0. The number of benzene rings is 2. The molecule has 0 saturated heterocycles. The van der Waals surface area contributed by atoms with Crippen molar-refractivity contribution in [3.05, 3.63) is 53.1 Å². The summed E-state index contributed by atoms with van der Waals surface area (Å²) in [5, 5.41) is 0.741. The Morgan fingerprint density at radius 2 is 2.00 bits per heavy atom. The molecule has 0 aromatic heterocycles. The molecule has 2 aromatic carbocycles. The molecular formula is C16H16ClNO2. The van der Waals surface area contributed by atoms with Crippen molar-refractivity contribution in [1.82, 2.24) is 0 Å². The molecule has 0 bridgehead atoms. The quantitative estimate of drug-likeness (QED) is 0.849. The van der Waals surface area contributed by atoms with Crippen molar-refractivity contribution in [2.45, 2.75) is 13.5 Å². The Hall–Kier alpha value is -1.87. The molecule has 0 N–H and O–H groups in total. The maximum absolute atomic E-state index is 5.92. The van der Waals surface area contributed by atoms with E-state index in [1.807, 2.05) is 49.4 Å². The second-order valence-electron chi connectivity index (χ2n) is 4.65. The Balaban J connectivity index is 1.83. The highest BCUT2D eigenvalue weighted by atomic mass is 35.5. The van der Waals surface area contributed by atoms with Crippen molar-refractivity contribution >= 4 is 17.3 Å². The van der Waals surface area contributed by atoms with Crippen molar-refractivity contribution < 1.29 is 9.47 Å². The van der Waals surface area contributed by atoms with Crippen LogP contribution in [0.5, 0.6) is 11.5 Å². The molecule has 0 atom stereocenters. The Labute approximate surface area is 123 Å². The van der Waals surface area contributed by atoms with Gasteiger partial charge in [0.15, 0.2) is 6.73 Å². The van der Waals surface area contributed by atoms with Crippen molar-refractivity contribution in [2.75, 3.05) is 18.2 Å². The second kappa shape index (κ2) is 5.63. The first-order chi connectivity index (χ1) is 9.76. The van der Waals surface area contributed by atoms with Gasteiger partial charge in [-0.15, -0.1) is 0 Å². The van der Waals surface area contributed by atoms with E-state index in [1.165, 1.54) is 0 Å². The van der Waals surface area contributed by atoms with Gasteiger partial charge in [-0.05, 0) is 49.4 Å². The highest BCUT2D eigenvalue weighted by molar-refractivity contribution is 6.30. The minimum atomic E-state index is 0.544. The molecule has 0 spiro atoms. The molecule has 2 aromatic rings. The summed E-state index contributed by atoms with van der Waals surface area (Å²) in [4.78, 5) is 2.16. The van der Waals surface area contributed by atoms with E-state index in [0.29, 0.717) is 13.3 Å². The van der Waals surface area contributed by atoms with Crippen LogP contribution in [0, 0.1) is 0 Å². The van der Waals surface area contributed by atoms with Gasteiger partial charge in [0.25, 0.3) is 0 Å². The molecular weight excluding hydrogens is 274 g/mol. The molecule has 0 unspecified atom stereocenters. The molecule has 0 aliphatic carbocycles. The summed E-state index contributed by atoms with van der Waals surface area (Å²) < 4.78 is 11.3. The van der Waals surface area contributed by atoms with Crippen molar-refractivity contribution in [1.29, 1.82) is 0 Å². The number of rotatable bonds is 3. The predicted molar refractivity (Wildman–Crippen MR) is 80.7 cm³/mol. The first kappa shape index (κ1) is 13.1. The summed E-state index contributed by atoms with van der Waals surface area (Å²) in [6.45, 7) is 4.00. The molecule has 1 heterocycles. The number of nitrogens with zero attached hydrogens (tertiary/aromatic N) is 1. The number of hydrogen-bond acceptors (Lipinski definition) is 3. The number of hydrogen-bond donors (Lipinski definition) is 0. The molecule has 0 amide bonds. The SMILES string of the molecule is CCOc1ccc2c(c1)CN(c1ccc(Cl)cc1)CO2. The Morgan fingerprint density at radius 3 is 2.75 bits per heavy atom. The largest absolute Gasteiger partial charge is 0.494 e. The van der Waals surface area contributed by atoms with E-state index in [1.54, 1.807) is 0 Å². The summed E-state index contributed by atoms with van der Waals surface area (Å²) in [6, 6.07) is 13.7. The lowest BCUT2D eigenvalue weighted by molar-refractivity contribution is 0.286. The zero-order chi connectivity index (χ0) is 13.9. The van der Waals surface area contributed by atoms with E-state index >= 15 is 0 Å².